The van der Waals surface area contributed by atoms with Gasteiger partial charge in [-0.25, -0.2) is 5.43 Å². The Morgan fingerprint density at radius 3 is 2.44 bits per heavy atom. The molecule has 0 aliphatic rings. The number of aryl methyl sites for hydroxylation is 1. The highest BCUT2D eigenvalue weighted by atomic mass is 19.4. The first-order valence-corrected chi connectivity index (χ1v) is 9.81. The predicted octanol–water partition coefficient (Wildman–Crippen LogP) is 5.16. The standard InChI is InChI=1S/C24H22F3N3O2/c1-17-5-7-19(8-6-17)16-32-22-11-9-18(10-12-22)14-29-30-23(31)15-28-21-4-2-3-20(13-21)24(25,26)27/h2-14,28H,15-16H2,1H3,(H,30,31)/b29-14-. The lowest BCUT2D eigenvalue weighted by Crippen LogP contribution is -2.26. The molecule has 0 saturated carbocycles. The zero-order chi connectivity index (χ0) is 23.0. The molecule has 3 rings (SSSR count). The topological polar surface area (TPSA) is 62.7 Å². The van der Waals surface area contributed by atoms with Gasteiger partial charge in [-0.15, -0.1) is 0 Å². The third-order valence-electron chi connectivity index (χ3n) is 4.45. The number of carbonyl (C=O) groups excluding carboxylic acids is 1. The maximum Gasteiger partial charge on any atom is 0.416 e. The second-order valence-electron chi connectivity index (χ2n) is 7.07. The molecule has 0 unspecified atom stereocenters. The van der Waals surface area contributed by atoms with Gasteiger partial charge in [0.1, 0.15) is 12.4 Å². The Morgan fingerprint density at radius 1 is 1.03 bits per heavy atom. The van der Waals surface area contributed by atoms with Crippen LogP contribution in [0.25, 0.3) is 0 Å². The number of hydrogen-bond acceptors (Lipinski definition) is 4. The maximum atomic E-state index is 12.7. The number of hydrazone groups is 1. The van der Waals surface area contributed by atoms with E-state index < -0.39 is 17.6 Å². The number of halogens is 3. The van der Waals surface area contributed by atoms with E-state index >= 15 is 0 Å². The van der Waals surface area contributed by atoms with Gasteiger partial charge in [0.25, 0.3) is 5.91 Å². The number of nitrogens with one attached hydrogen (secondary N) is 2. The van der Waals surface area contributed by atoms with Crippen molar-refractivity contribution in [1.29, 1.82) is 0 Å². The van der Waals surface area contributed by atoms with Gasteiger partial charge in [-0.2, -0.15) is 18.3 Å². The van der Waals surface area contributed by atoms with E-state index in [-0.39, 0.29) is 12.2 Å². The largest absolute Gasteiger partial charge is 0.489 e. The lowest BCUT2D eigenvalue weighted by atomic mass is 10.2. The predicted molar refractivity (Wildman–Crippen MR) is 118 cm³/mol. The zero-order valence-corrected chi connectivity index (χ0v) is 17.3. The molecule has 0 aromatic heterocycles. The minimum absolute atomic E-state index is 0.195. The SMILES string of the molecule is Cc1ccc(COc2ccc(/C=N\NC(=O)CNc3cccc(C(F)(F)F)c3)cc2)cc1. The molecule has 0 aliphatic carbocycles. The van der Waals surface area contributed by atoms with Crippen molar-refractivity contribution in [2.24, 2.45) is 5.10 Å². The summed E-state index contributed by atoms with van der Waals surface area (Å²) < 4.78 is 43.9. The Morgan fingerprint density at radius 2 is 1.75 bits per heavy atom. The second-order valence-corrected chi connectivity index (χ2v) is 7.07. The highest BCUT2D eigenvalue weighted by Crippen LogP contribution is 2.30. The van der Waals surface area contributed by atoms with Gasteiger partial charge in [-0.1, -0.05) is 35.9 Å². The van der Waals surface area contributed by atoms with E-state index in [0.717, 1.165) is 23.3 Å². The average molecular weight is 441 g/mol. The molecule has 166 valence electrons. The van der Waals surface area contributed by atoms with Crippen LogP contribution in [-0.4, -0.2) is 18.7 Å². The van der Waals surface area contributed by atoms with E-state index in [1.165, 1.54) is 23.9 Å². The molecule has 0 bridgehead atoms. The maximum absolute atomic E-state index is 12.7. The molecule has 2 N–H and O–H groups in total. The van der Waals surface area contributed by atoms with E-state index in [1.807, 2.05) is 31.2 Å². The Hall–Kier alpha value is -3.81. The van der Waals surface area contributed by atoms with Crippen molar-refractivity contribution in [3.63, 3.8) is 0 Å². The fraction of sp³-hybridized carbons (Fsp3) is 0.167. The van der Waals surface area contributed by atoms with Crippen molar-refractivity contribution in [1.82, 2.24) is 5.43 Å². The molecular formula is C24H22F3N3O2. The van der Waals surface area contributed by atoms with Gasteiger partial charge in [0.15, 0.2) is 0 Å². The van der Waals surface area contributed by atoms with Crippen molar-refractivity contribution < 1.29 is 22.7 Å². The molecule has 3 aromatic rings. The van der Waals surface area contributed by atoms with Crippen LogP contribution in [0.5, 0.6) is 5.75 Å². The van der Waals surface area contributed by atoms with Crippen LogP contribution in [0.2, 0.25) is 0 Å². The van der Waals surface area contributed by atoms with Gasteiger partial charge in [-0.05, 0) is 60.5 Å². The van der Waals surface area contributed by atoms with Crippen molar-refractivity contribution in [2.75, 3.05) is 11.9 Å². The second kappa shape index (κ2) is 10.5. The van der Waals surface area contributed by atoms with Crippen LogP contribution in [0.15, 0.2) is 77.9 Å². The Bertz CT molecular complexity index is 1060. The Balaban J connectivity index is 1.43. The van der Waals surface area contributed by atoms with Crippen LogP contribution in [0.1, 0.15) is 22.3 Å². The molecule has 3 aromatic carbocycles. The first-order valence-electron chi connectivity index (χ1n) is 9.81. The van der Waals surface area contributed by atoms with Crippen molar-refractivity contribution in [3.05, 3.63) is 95.1 Å². The van der Waals surface area contributed by atoms with E-state index in [0.29, 0.717) is 12.4 Å². The smallest absolute Gasteiger partial charge is 0.416 e. The molecule has 0 fully saturated rings. The zero-order valence-electron chi connectivity index (χ0n) is 17.3. The van der Waals surface area contributed by atoms with Gasteiger partial charge in [0.2, 0.25) is 0 Å². The van der Waals surface area contributed by atoms with E-state index in [9.17, 15) is 18.0 Å². The van der Waals surface area contributed by atoms with E-state index in [2.05, 4.69) is 15.8 Å². The van der Waals surface area contributed by atoms with Gasteiger partial charge in [0.05, 0.1) is 18.3 Å². The molecule has 5 nitrogen and oxygen atoms in total. The number of anilines is 1. The molecule has 32 heavy (non-hydrogen) atoms. The lowest BCUT2D eigenvalue weighted by molar-refractivity contribution is -0.137. The number of alkyl halides is 3. The van der Waals surface area contributed by atoms with Crippen LogP contribution in [-0.2, 0) is 17.6 Å². The quantitative estimate of drug-likeness (QED) is 0.375. The van der Waals surface area contributed by atoms with Gasteiger partial charge >= 0.3 is 6.18 Å². The molecule has 0 saturated heterocycles. The van der Waals surface area contributed by atoms with Crippen LogP contribution in [0.3, 0.4) is 0 Å². The lowest BCUT2D eigenvalue weighted by Gasteiger charge is -2.10. The van der Waals surface area contributed by atoms with Gasteiger partial charge in [0, 0.05) is 5.69 Å². The van der Waals surface area contributed by atoms with Crippen LogP contribution < -0.4 is 15.5 Å². The number of rotatable bonds is 8. The highest BCUT2D eigenvalue weighted by molar-refractivity contribution is 5.84. The fourth-order valence-electron chi connectivity index (χ4n) is 2.71. The normalized spacial score (nSPS) is 11.4. The van der Waals surface area contributed by atoms with Crippen molar-refractivity contribution in [2.45, 2.75) is 19.7 Å². The fourth-order valence-corrected chi connectivity index (χ4v) is 2.71. The van der Waals surface area contributed by atoms with E-state index in [4.69, 9.17) is 4.74 Å². The number of amides is 1. The van der Waals surface area contributed by atoms with Crippen molar-refractivity contribution in [3.8, 4) is 5.75 Å². The monoisotopic (exact) mass is 441 g/mol. The highest BCUT2D eigenvalue weighted by Gasteiger charge is 2.30. The number of nitrogens with zero attached hydrogens (tertiary/aromatic N) is 1. The molecule has 0 atom stereocenters. The van der Waals surface area contributed by atoms with Crippen LogP contribution in [0, 0.1) is 6.92 Å². The summed E-state index contributed by atoms with van der Waals surface area (Å²) in [4.78, 5) is 11.9. The first-order chi connectivity index (χ1) is 15.3. The third-order valence-corrected chi connectivity index (χ3v) is 4.45. The van der Waals surface area contributed by atoms with Crippen LogP contribution in [0.4, 0.5) is 18.9 Å². The van der Waals surface area contributed by atoms with Gasteiger partial charge < -0.3 is 10.1 Å². The van der Waals surface area contributed by atoms with Crippen molar-refractivity contribution >= 4 is 17.8 Å². The number of carbonyl (C=O) groups is 1. The number of benzene rings is 3. The summed E-state index contributed by atoms with van der Waals surface area (Å²) in [6.07, 6.45) is -2.97. The third kappa shape index (κ3) is 7.16. The minimum atomic E-state index is -4.44. The molecule has 8 heteroatoms. The molecule has 0 radical (unpaired) electrons. The first kappa shape index (κ1) is 22.9. The molecular weight excluding hydrogens is 419 g/mol. The van der Waals surface area contributed by atoms with Gasteiger partial charge in [-0.3, -0.25) is 4.79 Å². The molecule has 0 spiro atoms. The summed E-state index contributed by atoms with van der Waals surface area (Å²) in [5, 5.41) is 6.50. The summed E-state index contributed by atoms with van der Waals surface area (Å²) in [6.45, 7) is 2.27. The number of ether oxygens (including phenoxy) is 1. The summed E-state index contributed by atoms with van der Waals surface area (Å²) in [6, 6.07) is 19.9. The Labute approximate surface area is 183 Å². The summed E-state index contributed by atoms with van der Waals surface area (Å²) >= 11 is 0. The summed E-state index contributed by atoms with van der Waals surface area (Å²) in [5.74, 6) is 0.216. The van der Waals surface area contributed by atoms with E-state index in [1.54, 1.807) is 24.3 Å². The average Bonchev–Trinajstić information content (AvgIpc) is 2.78. The number of hydrogen-bond donors (Lipinski definition) is 2. The molecule has 1 amide bonds. The minimum Gasteiger partial charge on any atom is -0.489 e. The molecule has 0 aliphatic heterocycles. The summed E-state index contributed by atoms with van der Waals surface area (Å²) in [7, 11) is 0. The summed E-state index contributed by atoms with van der Waals surface area (Å²) in [5.41, 5.74) is 4.75. The molecule has 0 heterocycles. The van der Waals surface area contributed by atoms with Crippen LogP contribution >= 0.6 is 0 Å². The Kier molecular flexibility index (Phi) is 7.49.